The molecule has 3 N–H and O–H groups in total. The summed E-state index contributed by atoms with van der Waals surface area (Å²) in [4.78, 5) is 19.2. The maximum atomic E-state index is 12.5. The summed E-state index contributed by atoms with van der Waals surface area (Å²) in [6.07, 6.45) is 0. The molecule has 0 aliphatic heterocycles. The Morgan fingerprint density at radius 1 is 1.06 bits per heavy atom. The molecule has 2 heterocycles. The van der Waals surface area contributed by atoms with Gasteiger partial charge < -0.3 is 5.10 Å². The number of hydrogen-bond donors (Lipinski definition) is 3. The highest BCUT2D eigenvalue weighted by Crippen LogP contribution is 2.36. The Hall–Kier alpha value is -3.04. The first-order valence-corrected chi connectivity index (χ1v) is 12.7. The third-order valence-electron chi connectivity index (χ3n) is 5.05. The first kappa shape index (κ1) is 22.2. The van der Waals surface area contributed by atoms with Crippen LogP contribution in [0, 0.1) is 0 Å². The van der Waals surface area contributed by atoms with Crippen molar-refractivity contribution < 1.29 is 8.42 Å². The molecule has 0 saturated carbocycles. The van der Waals surface area contributed by atoms with Gasteiger partial charge in [0.25, 0.3) is 5.56 Å². The van der Waals surface area contributed by atoms with Gasteiger partial charge >= 0.3 is 0 Å². The molecular weight excluding hydrogens is 444 g/mol. The number of para-hydroxylation sites is 1. The molecule has 9 heteroatoms. The Labute approximate surface area is 190 Å². The molecule has 4 aromatic rings. The van der Waals surface area contributed by atoms with Crippen LogP contribution in [-0.2, 0) is 10.0 Å². The van der Waals surface area contributed by atoms with Crippen molar-refractivity contribution >= 4 is 38.4 Å². The summed E-state index contributed by atoms with van der Waals surface area (Å²) in [5, 5.41) is 6.64. The quantitative estimate of drug-likeness (QED) is 0.355. The van der Waals surface area contributed by atoms with Crippen molar-refractivity contribution in [3.63, 3.8) is 0 Å². The molecule has 2 aromatic heterocycles. The molecule has 0 radical (unpaired) electrons. The minimum atomic E-state index is -3.32. The van der Waals surface area contributed by atoms with Crippen molar-refractivity contribution in [2.45, 2.75) is 36.5 Å². The summed E-state index contributed by atoms with van der Waals surface area (Å²) in [6.45, 7) is 5.64. The lowest BCUT2D eigenvalue weighted by Crippen LogP contribution is -2.14. The number of hydrogen-bond acceptors (Lipinski definition) is 5. The van der Waals surface area contributed by atoms with Gasteiger partial charge in [-0.3, -0.25) is 14.6 Å². The smallest absolute Gasteiger partial charge is 0.273 e. The Bertz CT molecular complexity index is 1420. The SMILES string of the molecule is CCS(=O)(=O)Nc1ccc(Sc2cc(-c3c(C(C)C)[nH][nH]c3=O)nc3ccccc23)cc1. The zero-order valence-corrected chi connectivity index (χ0v) is 19.6. The topological polar surface area (TPSA) is 108 Å². The second-order valence-electron chi connectivity index (χ2n) is 7.68. The maximum absolute atomic E-state index is 12.5. The number of anilines is 1. The fraction of sp³-hybridized carbons (Fsp3) is 0.217. The van der Waals surface area contributed by atoms with Crippen molar-refractivity contribution in [1.29, 1.82) is 0 Å². The summed E-state index contributed by atoms with van der Waals surface area (Å²) < 4.78 is 26.1. The van der Waals surface area contributed by atoms with E-state index < -0.39 is 10.0 Å². The van der Waals surface area contributed by atoms with Crippen LogP contribution in [-0.4, -0.2) is 29.4 Å². The highest BCUT2D eigenvalue weighted by atomic mass is 32.2. The first-order chi connectivity index (χ1) is 15.3. The molecule has 0 bridgehead atoms. The van der Waals surface area contributed by atoms with E-state index in [1.165, 1.54) is 0 Å². The van der Waals surface area contributed by atoms with Crippen LogP contribution >= 0.6 is 11.8 Å². The van der Waals surface area contributed by atoms with Gasteiger partial charge in [-0.1, -0.05) is 43.8 Å². The minimum absolute atomic E-state index is 0.0198. The number of aromatic amines is 2. The predicted molar refractivity (Wildman–Crippen MR) is 130 cm³/mol. The van der Waals surface area contributed by atoms with Crippen molar-refractivity contribution in [3.8, 4) is 11.3 Å². The van der Waals surface area contributed by atoms with E-state index in [2.05, 4.69) is 14.9 Å². The van der Waals surface area contributed by atoms with E-state index >= 15 is 0 Å². The normalized spacial score (nSPS) is 11.9. The van der Waals surface area contributed by atoms with Crippen LogP contribution in [0.4, 0.5) is 5.69 Å². The molecule has 7 nitrogen and oxygen atoms in total. The molecule has 0 aliphatic rings. The number of pyridine rings is 1. The molecular formula is C23H24N4O3S2. The molecule has 2 aromatic carbocycles. The van der Waals surface area contributed by atoms with Crippen LogP contribution in [0.1, 0.15) is 32.4 Å². The lowest BCUT2D eigenvalue weighted by Gasteiger charge is -2.11. The molecule has 166 valence electrons. The number of sulfonamides is 1. The van der Waals surface area contributed by atoms with Crippen LogP contribution < -0.4 is 10.3 Å². The van der Waals surface area contributed by atoms with E-state index in [-0.39, 0.29) is 17.2 Å². The van der Waals surface area contributed by atoms with E-state index in [1.807, 2.05) is 56.3 Å². The van der Waals surface area contributed by atoms with Gasteiger partial charge in [-0.15, -0.1) is 0 Å². The third kappa shape index (κ3) is 4.58. The molecule has 0 aliphatic carbocycles. The fourth-order valence-electron chi connectivity index (χ4n) is 3.38. The van der Waals surface area contributed by atoms with Crippen molar-refractivity contribution in [3.05, 3.63) is 70.6 Å². The average molecular weight is 469 g/mol. The molecule has 0 saturated heterocycles. The Morgan fingerprint density at radius 2 is 1.78 bits per heavy atom. The van der Waals surface area contributed by atoms with Crippen LogP contribution in [0.5, 0.6) is 0 Å². The molecule has 4 rings (SSSR count). The van der Waals surface area contributed by atoms with E-state index in [1.54, 1.807) is 30.8 Å². The number of aromatic nitrogens is 3. The molecule has 0 fully saturated rings. The number of fused-ring (bicyclic) bond motifs is 1. The Morgan fingerprint density at radius 3 is 2.47 bits per heavy atom. The van der Waals surface area contributed by atoms with Crippen LogP contribution in [0.25, 0.3) is 22.2 Å². The monoisotopic (exact) mass is 468 g/mol. The number of nitrogens with one attached hydrogen (secondary N) is 3. The van der Waals surface area contributed by atoms with Gasteiger partial charge in [0.1, 0.15) is 0 Å². The number of benzene rings is 2. The maximum Gasteiger partial charge on any atom is 0.273 e. The molecule has 0 spiro atoms. The summed E-state index contributed by atoms with van der Waals surface area (Å²) in [7, 11) is -3.32. The van der Waals surface area contributed by atoms with E-state index in [0.717, 1.165) is 26.4 Å². The van der Waals surface area contributed by atoms with Crippen molar-refractivity contribution in [2.75, 3.05) is 10.5 Å². The highest BCUT2D eigenvalue weighted by molar-refractivity contribution is 7.99. The number of nitrogens with zero attached hydrogens (tertiary/aromatic N) is 1. The first-order valence-electron chi connectivity index (χ1n) is 10.3. The largest absolute Gasteiger partial charge is 0.301 e. The molecule has 32 heavy (non-hydrogen) atoms. The highest BCUT2D eigenvalue weighted by Gasteiger charge is 2.18. The minimum Gasteiger partial charge on any atom is -0.301 e. The number of rotatable bonds is 7. The zero-order valence-electron chi connectivity index (χ0n) is 18.0. The Balaban J connectivity index is 1.75. The van der Waals surface area contributed by atoms with Gasteiger partial charge in [-0.25, -0.2) is 13.4 Å². The lowest BCUT2D eigenvalue weighted by molar-refractivity contribution is 0.602. The van der Waals surface area contributed by atoms with E-state index in [4.69, 9.17) is 4.98 Å². The summed E-state index contributed by atoms with van der Waals surface area (Å²) >= 11 is 1.54. The molecule has 0 amide bonds. The third-order valence-corrected chi connectivity index (χ3v) is 7.43. The van der Waals surface area contributed by atoms with Gasteiger partial charge in [0, 0.05) is 26.6 Å². The summed E-state index contributed by atoms with van der Waals surface area (Å²) in [5.74, 6) is 0.152. The van der Waals surface area contributed by atoms with E-state index in [9.17, 15) is 13.2 Å². The average Bonchev–Trinajstić information content (AvgIpc) is 3.16. The predicted octanol–water partition coefficient (Wildman–Crippen LogP) is 4.95. The van der Waals surface area contributed by atoms with Crippen LogP contribution in [0.2, 0.25) is 0 Å². The van der Waals surface area contributed by atoms with Crippen molar-refractivity contribution in [2.24, 2.45) is 0 Å². The second-order valence-corrected chi connectivity index (χ2v) is 10.8. The van der Waals surface area contributed by atoms with Gasteiger partial charge in [-0.05, 0) is 49.2 Å². The fourth-order valence-corrected chi connectivity index (χ4v) is 5.00. The van der Waals surface area contributed by atoms with Gasteiger partial charge in [-0.2, -0.15) is 0 Å². The molecule has 0 atom stereocenters. The zero-order chi connectivity index (χ0) is 22.9. The van der Waals surface area contributed by atoms with Crippen molar-refractivity contribution in [1.82, 2.24) is 15.2 Å². The Kier molecular flexibility index (Phi) is 6.12. The van der Waals surface area contributed by atoms with Gasteiger partial charge in [0.2, 0.25) is 10.0 Å². The summed E-state index contributed by atoms with van der Waals surface area (Å²) in [6, 6.07) is 17.0. The number of H-pyrrole nitrogens is 2. The molecule has 0 unspecified atom stereocenters. The van der Waals surface area contributed by atoms with Crippen LogP contribution in [0.15, 0.2) is 69.2 Å². The van der Waals surface area contributed by atoms with E-state index in [0.29, 0.717) is 16.9 Å². The van der Waals surface area contributed by atoms with Crippen LogP contribution in [0.3, 0.4) is 0 Å². The standard InChI is InChI=1S/C23H24N4O3S2/c1-4-32(29,30)27-15-9-11-16(12-10-15)31-20-13-19(24-18-8-6-5-7-17(18)20)21-22(14(2)3)25-26-23(21)28/h5-14,27H,4H2,1-3H3,(H2,25,26,28). The lowest BCUT2D eigenvalue weighted by atomic mass is 10.0. The van der Waals surface area contributed by atoms with Gasteiger partial charge in [0.15, 0.2) is 0 Å². The summed E-state index contributed by atoms with van der Waals surface area (Å²) in [5.41, 5.74) is 3.12. The van der Waals surface area contributed by atoms with Gasteiger partial charge in [0.05, 0.1) is 22.5 Å². The second kappa shape index (κ2) is 8.84.